The molecule has 0 N–H and O–H groups in total. The lowest BCUT2D eigenvalue weighted by molar-refractivity contribution is 0.309. The van der Waals surface area contributed by atoms with E-state index in [0.717, 1.165) is 41.9 Å². The minimum Gasteiger partial charge on any atom is -0.494 e. The number of rotatable bonds is 8. The van der Waals surface area contributed by atoms with E-state index < -0.39 is 0 Å². The van der Waals surface area contributed by atoms with E-state index in [1.165, 1.54) is 0 Å². The molecule has 0 spiro atoms. The molecule has 0 aliphatic rings. The molecule has 0 saturated heterocycles. The highest BCUT2D eigenvalue weighted by atomic mass is 16.5. The predicted molar refractivity (Wildman–Crippen MR) is 95.7 cm³/mol. The van der Waals surface area contributed by atoms with Gasteiger partial charge in [0, 0.05) is 31.0 Å². The van der Waals surface area contributed by atoms with Crippen LogP contribution < -0.4 is 10.3 Å². The molecule has 7 heteroatoms. The lowest BCUT2D eigenvalue weighted by Gasteiger charge is -2.10. The fourth-order valence-electron chi connectivity index (χ4n) is 2.76. The molecule has 0 atom stereocenters. The molecule has 0 amide bonds. The van der Waals surface area contributed by atoms with Crippen LogP contribution in [0.2, 0.25) is 0 Å². The third-order valence-corrected chi connectivity index (χ3v) is 3.99. The average Bonchev–Trinajstić information content (AvgIpc) is 3.09. The van der Waals surface area contributed by atoms with Crippen molar-refractivity contribution in [1.82, 2.24) is 24.8 Å². The summed E-state index contributed by atoms with van der Waals surface area (Å²) >= 11 is 0. The molecule has 3 rings (SSSR count). The molecule has 0 saturated carbocycles. The van der Waals surface area contributed by atoms with Crippen molar-refractivity contribution < 1.29 is 4.74 Å². The summed E-state index contributed by atoms with van der Waals surface area (Å²) < 4.78 is 9.31. The van der Waals surface area contributed by atoms with Gasteiger partial charge in [0.1, 0.15) is 5.75 Å². The van der Waals surface area contributed by atoms with Crippen LogP contribution in [-0.4, -0.2) is 31.4 Å². The molecule has 0 radical (unpaired) electrons. The average molecular weight is 339 g/mol. The molecule has 25 heavy (non-hydrogen) atoms. The fraction of sp³-hybridized carbons (Fsp3) is 0.333. The van der Waals surface area contributed by atoms with E-state index in [1.54, 1.807) is 21.4 Å². The molecule has 0 unspecified atom stereocenters. The van der Waals surface area contributed by atoms with Crippen molar-refractivity contribution in [1.29, 1.82) is 0 Å². The van der Waals surface area contributed by atoms with Gasteiger partial charge in [0.15, 0.2) is 5.82 Å². The number of allylic oxidation sites excluding steroid dienone is 1. The molecule has 130 valence electrons. The van der Waals surface area contributed by atoms with Crippen LogP contribution >= 0.6 is 0 Å². The van der Waals surface area contributed by atoms with Gasteiger partial charge < -0.3 is 9.30 Å². The number of aromatic nitrogens is 5. The molecule has 2 heterocycles. The van der Waals surface area contributed by atoms with E-state index in [4.69, 9.17) is 4.74 Å². The third kappa shape index (κ3) is 3.76. The topological polar surface area (TPSA) is 74.8 Å². The van der Waals surface area contributed by atoms with Crippen LogP contribution in [0.25, 0.3) is 10.9 Å². The van der Waals surface area contributed by atoms with Gasteiger partial charge in [0.25, 0.3) is 5.56 Å². The molecule has 0 aliphatic heterocycles. The molecular formula is C18H21N5O2. The number of hydrogen-bond acceptors (Lipinski definition) is 5. The summed E-state index contributed by atoms with van der Waals surface area (Å²) in [5.41, 5.74) is 0.844. The minimum atomic E-state index is -0.0327. The van der Waals surface area contributed by atoms with Gasteiger partial charge in [-0.2, -0.15) is 0 Å². The van der Waals surface area contributed by atoms with Crippen LogP contribution in [0, 0.1) is 0 Å². The zero-order valence-electron chi connectivity index (χ0n) is 14.3. The van der Waals surface area contributed by atoms with Gasteiger partial charge >= 0.3 is 0 Å². The fourth-order valence-corrected chi connectivity index (χ4v) is 2.76. The third-order valence-electron chi connectivity index (χ3n) is 3.99. The molecule has 7 nitrogen and oxygen atoms in total. The standard InChI is InChI=1S/C18H21N5O2/c1-3-11-22-16-9-8-15(13-14(16)7-10-18(22)24)25-12-5-6-17-19-20-21-23(17)4-2/h3,7-10,13H,1,4-6,11-12H2,2H3. The lowest BCUT2D eigenvalue weighted by atomic mass is 10.2. The molecule has 0 aliphatic carbocycles. The Kier molecular flexibility index (Phi) is 5.23. The van der Waals surface area contributed by atoms with Gasteiger partial charge in [-0.3, -0.25) is 4.79 Å². The van der Waals surface area contributed by atoms with Crippen LogP contribution in [0.4, 0.5) is 0 Å². The molecule has 3 aromatic rings. The van der Waals surface area contributed by atoms with Gasteiger partial charge in [-0.15, -0.1) is 11.7 Å². The van der Waals surface area contributed by atoms with Crippen LogP contribution in [-0.2, 0) is 19.5 Å². The number of nitrogens with zero attached hydrogens (tertiary/aromatic N) is 5. The Hall–Kier alpha value is -2.96. The maximum Gasteiger partial charge on any atom is 0.251 e. The molecule has 1 aromatic carbocycles. The monoisotopic (exact) mass is 339 g/mol. The SMILES string of the molecule is C=CCn1c(=O)ccc2cc(OCCCc3nnnn3CC)ccc21. The lowest BCUT2D eigenvalue weighted by Crippen LogP contribution is -2.18. The smallest absolute Gasteiger partial charge is 0.251 e. The van der Waals surface area contributed by atoms with Gasteiger partial charge in [0.2, 0.25) is 0 Å². The largest absolute Gasteiger partial charge is 0.494 e. The van der Waals surface area contributed by atoms with Crippen LogP contribution in [0.15, 0.2) is 47.8 Å². The van der Waals surface area contributed by atoms with Gasteiger partial charge in [0.05, 0.1) is 12.1 Å². The highest BCUT2D eigenvalue weighted by molar-refractivity contribution is 5.80. The summed E-state index contributed by atoms with van der Waals surface area (Å²) in [6.07, 6.45) is 3.32. The highest BCUT2D eigenvalue weighted by Gasteiger charge is 2.06. The Morgan fingerprint density at radius 1 is 1.28 bits per heavy atom. The van der Waals surface area contributed by atoms with Crippen molar-refractivity contribution >= 4 is 10.9 Å². The van der Waals surface area contributed by atoms with Crippen molar-refractivity contribution in [3.8, 4) is 5.75 Å². The molecule has 0 fully saturated rings. The first-order chi connectivity index (χ1) is 12.2. The van der Waals surface area contributed by atoms with E-state index in [9.17, 15) is 4.79 Å². The zero-order valence-corrected chi connectivity index (χ0v) is 14.3. The second kappa shape index (κ2) is 7.74. The van der Waals surface area contributed by atoms with Crippen LogP contribution in [0.3, 0.4) is 0 Å². The van der Waals surface area contributed by atoms with E-state index in [0.29, 0.717) is 13.2 Å². The molecule has 0 bridgehead atoms. The second-order valence-electron chi connectivity index (χ2n) is 5.65. The summed E-state index contributed by atoms with van der Waals surface area (Å²) in [7, 11) is 0. The van der Waals surface area contributed by atoms with E-state index >= 15 is 0 Å². The number of pyridine rings is 1. The first-order valence-corrected chi connectivity index (χ1v) is 8.35. The second-order valence-corrected chi connectivity index (χ2v) is 5.65. The van der Waals surface area contributed by atoms with Gasteiger partial charge in [-0.1, -0.05) is 6.08 Å². The Bertz CT molecular complexity index is 929. The molecular weight excluding hydrogens is 318 g/mol. The van der Waals surface area contributed by atoms with Crippen molar-refractivity contribution in [2.75, 3.05) is 6.61 Å². The first-order valence-electron chi connectivity index (χ1n) is 8.35. The van der Waals surface area contributed by atoms with Crippen molar-refractivity contribution in [2.24, 2.45) is 0 Å². The summed E-state index contributed by atoms with van der Waals surface area (Å²) in [6.45, 7) is 7.55. The first kappa shape index (κ1) is 16.9. The van der Waals surface area contributed by atoms with Gasteiger partial charge in [-0.25, -0.2) is 4.68 Å². The Morgan fingerprint density at radius 2 is 2.16 bits per heavy atom. The number of fused-ring (bicyclic) bond motifs is 1. The summed E-state index contributed by atoms with van der Waals surface area (Å²) in [5, 5.41) is 12.6. The van der Waals surface area contributed by atoms with Crippen molar-refractivity contribution in [3.63, 3.8) is 0 Å². The highest BCUT2D eigenvalue weighted by Crippen LogP contribution is 2.20. The van der Waals surface area contributed by atoms with E-state index in [-0.39, 0.29) is 5.56 Å². The number of hydrogen-bond donors (Lipinski definition) is 0. The quantitative estimate of drug-likeness (QED) is 0.465. The normalized spacial score (nSPS) is 10.9. The van der Waals surface area contributed by atoms with Crippen molar-refractivity contribution in [3.05, 3.63) is 59.2 Å². The Labute approximate surface area is 145 Å². The maximum absolute atomic E-state index is 11.9. The number of benzene rings is 1. The Balaban J connectivity index is 1.65. The maximum atomic E-state index is 11.9. The van der Waals surface area contributed by atoms with Crippen LogP contribution in [0.1, 0.15) is 19.2 Å². The number of ether oxygens (including phenoxy) is 1. The summed E-state index contributed by atoms with van der Waals surface area (Å²) in [6, 6.07) is 9.13. The number of tetrazole rings is 1. The Morgan fingerprint density at radius 3 is 2.96 bits per heavy atom. The summed E-state index contributed by atoms with van der Waals surface area (Å²) in [4.78, 5) is 11.9. The van der Waals surface area contributed by atoms with E-state index in [2.05, 4.69) is 22.1 Å². The summed E-state index contributed by atoms with van der Waals surface area (Å²) in [5.74, 6) is 1.66. The van der Waals surface area contributed by atoms with E-state index in [1.807, 2.05) is 31.2 Å². The zero-order chi connectivity index (χ0) is 17.6. The van der Waals surface area contributed by atoms with Crippen molar-refractivity contribution in [2.45, 2.75) is 32.9 Å². The van der Waals surface area contributed by atoms with Gasteiger partial charge in [-0.05, 0) is 48.0 Å². The number of aryl methyl sites for hydroxylation is 2. The predicted octanol–water partition coefficient (Wildman–Crippen LogP) is 2.21. The molecule has 2 aromatic heterocycles. The van der Waals surface area contributed by atoms with Crippen LogP contribution in [0.5, 0.6) is 5.75 Å². The minimum absolute atomic E-state index is 0.0327.